The van der Waals surface area contributed by atoms with Crippen molar-refractivity contribution in [1.82, 2.24) is 9.63 Å². The molecule has 1 saturated heterocycles. The summed E-state index contributed by atoms with van der Waals surface area (Å²) >= 11 is 0. The first-order valence-electron chi connectivity index (χ1n) is 5.37. The number of aromatic nitrogens is 1. The van der Waals surface area contributed by atoms with E-state index in [2.05, 4.69) is 0 Å². The average Bonchev–Trinajstić information content (AvgIpc) is 2.19. The quantitative estimate of drug-likeness (QED) is 0.678. The van der Waals surface area contributed by atoms with E-state index in [4.69, 9.17) is 0 Å². The first-order valence-corrected chi connectivity index (χ1v) is 5.37. The van der Waals surface area contributed by atoms with Crippen LogP contribution >= 0.6 is 0 Å². The highest BCUT2D eigenvalue weighted by Gasteiger charge is 2.33. The van der Waals surface area contributed by atoms with E-state index in [1.54, 1.807) is 6.07 Å². The van der Waals surface area contributed by atoms with Crippen LogP contribution in [0.5, 0.6) is 0 Å². The molecule has 1 aromatic rings. The third kappa shape index (κ3) is 1.41. The predicted octanol–water partition coefficient (Wildman–Crippen LogP) is 0.657. The van der Waals surface area contributed by atoms with Gasteiger partial charge in [0.15, 0.2) is 0 Å². The van der Waals surface area contributed by atoms with E-state index < -0.39 is 0 Å². The van der Waals surface area contributed by atoms with Crippen molar-refractivity contribution >= 4 is 0 Å². The van der Waals surface area contributed by atoms with Crippen molar-refractivity contribution < 1.29 is 5.21 Å². The van der Waals surface area contributed by atoms with E-state index in [1.165, 1.54) is 5.06 Å². The Hall–Kier alpha value is -1.13. The van der Waals surface area contributed by atoms with E-state index in [9.17, 15) is 10.0 Å². The van der Waals surface area contributed by atoms with Gasteiger partial charge in [0.1, 0.15) is 0 Å². The molecule has 3 rings (SSSR count). The molecule has 1 fully saturated rings. The third-order valence-corrected chi connectivity index (χ3v) is 3.46. The minimum absolute atomic E-state index is 0.0913. The van der Waals surface area contributed by atoms with Crippen LogP contribution in [-0.2, 0) is 6.54 Å². The zero-order valence-electron chi connectivity index (χ0n) is 8.47. The average molecular weight is 206 g/mol. The summed E-state index contributed by atoms with van der Waals surface area (Å²) in [6.45, 7) is 2.10. The van der Waals surface area contributed by atoms with Crippen molar-refractivity contribution in [3.63, 3.8) is 0 Å². The van der Waals surface area contributed by atoms with Crippen LogP contribution in [0.25, 0.3) is 0 Å². The Kier molecular flexibility index (Phi) is 1.94. The molecule has 1 aromatic heterocycles. The maximum Gasteiger partial charge on any atom is 0.250 e. The first-order chi connectivity index (χ1) is 7.24. The summed E-state index contributed by atoms with van der Waals surface area (Å²) in [7, 11) is 0. The molecule has 1 N–H and O–H groups in total. The number of fused-ring (bicyclic) bond motifs is 4. The van der Waals surface area contributed by atoms with Gasteiger partial charge in [0, 0.05) is 37.3 Å². The Labute approximate surface area is 87.7 Å². The molecule has 0 saturated carbocycles. The van der Waals surface area contributed by atoms with Gasteiger partial charge in [0.2, 0.25) is 0 Å². The van der Waals surface area contributed by atoms with Gasteiger partial charge in [0.25, 0.3) is 5.56 Å². The maximum atomic E-state index is 11.7. The largest absolute Gasteiger partial charge is 0.314 e. The fraction of sp³-hybridized carbons (Fsp3) is 0.545. The van der Waals surface area contributed by atoms with Crippen molar-refractivity contribution in [3.05, 3.63) is 34.2 Å². The summed E-state index contributed by atoms with van der Waals surface area (Å²) in [6, 6.07) is 5.42. The predicted molar refractivity (Wildman–Crippen MR) is 54.9 cm³/mol. The van der Waals surface area contributed by atoms with Crippen molar-refractivity contribution in [1.29, 1.82) is 0 Å². The molecule has 4 nitrogen and oxygen atoms in total. The van der Waals surface area contributed by atoms with Crippen molar-refractivity contribution in [2.45, 2.75) is 18.9 Å². The van der Waals surface area contributed by atoms with Gasteiger partial charge in [0.05, 0.1) is 0 Å². The highest BCUT2D eigenvalue weighted by molar-refractivity contribution is 5.16. The van der Waals surface area contributed by atoms with Crippen molar-refractivity contribution in [2.75, 3.05) is 13.1 Å². The second-order valence-corrected chi connectivity index (χ2v) is 4.57. The monoisotopic (exact) mass is 206 g/mol. The van der Waals surface area contributed by atoms with Crippen LogP contribution in [0, 0.1) is 5.92 Å². The normalized spacial score (nSPS) is 29.9. The van der Waals surface area contributed by atoms with Crippen LogP contribution in [0.4, 0.5) is 0 Å². The molecule has 2 aliphatic heterocycles. The van der Waals surface area contributed by atoms with Gasteiger partial charge in [-0.2, -0.15) is 5.06 Å². The minimum atomic E-state index is 0.0913. The lowest BCUT2D eigenvalue weighted by Gasteiger charge is -2.40. The summed E-state index contributed by atoms with van der Waals surface area (Å²) in [4.78, 5) is 11.7. The second kappa shape index (κ2) is 3.18. The van der Waals surface area contributed by atoms with Crippen molar-refractivity contribution in [3.8, 4) is 0 Å². The number of hydroxylamine groups is 2. The number of hydrogen-bond acceptors (Lipinski definition) is 3. The third-order valence-electron chi connectivity index (χ3n) is 3.46. The molecule has 4 heteroatoms. The van der Waals surface area contributed by atoms with Crippen molar-refractivity contribution in [2.24, 2.45) is 5.92 Å². The molecule has 80 valence electrons. The Morgan fingerprint density at radius 3 is 3.00 bits per heavy atom. The molecule has 0 radical (unpaired) electrons. The topological polar surface area (TPSA) is 45.5 Å². The van der Waals surface area contributed by atoms with Gasteiger partial charge >= 0.3 is 0 Å². The molecule has 0 spiro atoms. The molecule has 2 atom stereocenters. The lowest BCUT2D eigenvalue weighted by molar-refractivity contribution is -0.129. The first kappa shape index (κ1) is 9.12. The maximum absolute atomic E-state index is 11.7. The van der Waals surface area contributed by atoms with Crippen LogP contribution in [0.3, 0.4) is 0 Å². The Morgan fingerprint density at radius 1 is 1.27 bits per heavy atom. The molecular formula is C11H14N2O2. The summed E-state index contributed by atoms with van der Waals surface area (Å²) in [5, 5.41) is 10.9. The zero-order chi connectivity index (χ0) is 10.4. The Balaban J connectivity index is 2.10. The molecule has 2 bridgehead atoms. The highest BCUT2D eigenvalue weighted by atomic mass is 16.5. The number of rotatable bonds is 0. The van der Waals surface area contributed by atoms with E-state index in [0.29, 0.717) is 24.9 Å². The minimum Gasteiger partial charge on any atom is -0.314 e. The number of pyridine rings is 1. The van der Waals surface area contributed by atoms with E-state index in [1.807, 2.05) is 16.7 Å². The van der Waals surface area contributed by atoms with Gasteiger partial charge in [-0.25, -0.2) is 0 Å². The zero-order valence-corrected chi connectivity index (χ0v) is 8.47. The molecule has 2 aliphatic rings. The lowest BCUT2D eigenvalue weighted by Crippen LogP contribution is -2.45. The van der Waals surface area contributed by atoms with E-state index in [0.717, 1.165) is 18.7 Å². The number of nitrogens with zero attached hydrogens (tertiary/aromatic N) is 2. The number of piperidine rings is 1. The van der Waals surface area contributed by atoms with E-state index in [-0.39, 0.29) is 5.56 Å². The summed E-state index contributed by atoms with van der Waals surface area (Å²) in [5.41, 5.74) is 1.17. The number of hydrogen-bond donors (Lipinski definition) is 1. The SMILES string of the molecule is O=c1cccc2n1C[C@H]1C[C@@H]2CN(O)C1. The molecule has 0 aromatic carbocycles. The van der Waals surface area contributed by atoms with Crippen LogP contribution in [0.15, 0.2) is 23.0 Å². The molecule has 0 aliphatic carbocycles. The van der Waals surface area contributed by atoms with Gasteiger partial charge in [-0.3, -0.25) is 4.79 Å². The molecular weight excluding hydrogens is 192 g/mol. The second-order valence-electron chi connectivity index (χ2n) is 4.57. The molecule has 3 heterocycles. The molecule has 15 heavy (non-hydrogen) atoms. The standard InChI is InChI=1S/C11H14N2O2/c14-11-3-1-2-10-9-4-8(6-13(10)11)5-12(15)7-9/h1-3,8-9,15H,4-7H2/t8-,9+/m0/s1. The lowest BCUT2D eigenvalue weighted by atomic mass is 9.84. The van der Waals surface area contributed by atoms with Crippen LogP contribution < -0.4 is 5.56 Å². The van der Waals surface area contributed by atoms with E-state index >= 15 is 0 Å². The van der Waals surface area contributed by atoms with Crippen LogP contribution in [-0.4, -0.2) is 27.9 Å². The Morgan fingerprint density at radius 2 is 2.13 bits per heavy atom. The van der Waals surface area contributed by atoms with Crippen LogP contribution in [0.1, 0.15) is 18.0 Å². The summed E-state index contributed by atoms with van der Waals surface area (Å²) in [6.07, 6.45) is 1.10. The van der Waals surface area contributed by atoms with Gasteiger partial charge in [-0.05, 0) is 18.4 Å². The fourth-order valence-corrected chi connectivity index (χ4v) is 2.87. The van der Waals surface area contributed by atoms with Gasteiger partial charge in [-0.15, -0.1) is 0 Å². The Bertz CT molecular complexity index is 440. The fourth-order valence-electron chi connectivity index (χ4n) is 2.87. The smallest absolute Gasteiger partial charge is 0.250 e. The van der Waals surface area contributed by atoms with Gasteiger partial charge in [-0.1, -0.05) is 6.07 Å². The van der Waals surface area contributed by atoms with Gasteiger partial charge < -0.3 is 9.77 Å². The molecule has 0 unspecified atom stereocenters. The highest BCUT2D eigenvalue weighted by Crippen LogP contribution is 2.33. The van der Waals surface area contributed by atoms with Crippen LogP contribution in [0.2, 0.25) is 0 Å². The molecule has 0 amide bonds. The summed E-state index contributed by atoms with van der Waals surface area (Å²) in [5.74, 6) is 0.734. The summed E-state index contributed by atoms with van der Waals surface area (Å²) < 4.78 is 1.87.